The molecule has 3 atom stereocenters. The van der Waals surface area contributed by atoms with Gasteiger partial charge in [0.25, 0.3) is 0 Å². The van der Waals surface area contributed by atoms with Gasteiger partial charge < -0.3 is 15.1 Å². The second-order valence-corrected chi connectivity index (χ2v) is 4.10. The Kier molecular flexibility index (Phi) is 3.89. The maximum Gasteiger partial charge on any atom is 0.219 e. The van der Waals surface area contributed by atoms with Crippen LogP contribution < -0.4 is 0 Å². The maximum absolute atomic E-state index is 11.1. The molecule has 3 unspecified atom stereocenters. The van der Waals surface area contributed by atoms with Crippen LogP contribution in [-0.4, -0.2) is 46.8 Å². The highest BCUT2D eigenvalue weighted by atomic mass is 16.3. The number of hydrogen-bond donors (Lipinski definition) is 2. The smallest absolute Gasteiger partial charge is 0.219 e. The number of carbonyl (C=O) groups excluding carboxylic acids is 1. The number of rotatable bonds is 2. The molecule has 1 aliphatic heterocycles. The Labute approximate surface area is 84.5 Å². The van der Waals surface area contributed by atoms with Crippen LogP contribution in [0.5, 0.6) is 0 Å². The van der Waals surface area contributed by atoms with Crippen molar-refractivity contribution in [2.75, 3.05) is 19.7 Å². The SMILES string of the molecule is CC(=O)N1CCC(C(C)O)C(CO)C1. The minimum atomic E-state index is -0.402. The zero-order chi connectivity index (χ0) is 10.7. The number of hydrogen-bond acceptors (Lipinski definition) is 3. The minimum absolute atomic E-state index is 0.0210. The van der Waals surface area contributed by atoms with Crippen LogP contribution in [0, 0.1) is 11.8 Å². The van der Waals surface area contributed by atoms with Gasteiger partial charge in [-0.2, -0.15) is 0 Å². The first kappa shape index (κ1) is 11.5. The maximum atomic E-state index is 11.1. The number of likely N-dealkylation sites (tertiary alicyclic amines) is 1. The normalized spacial score (nSPS) is 30.1. The van der Waals surface area contributed by atoms with E-state index in [1.807, 2.05) is 0 Å². The topological polar surface area (TPSA) is 60.8 Å². The summed E-state index contributed by atoms with van der Waals surface area (Å²) in [6, 6.07) is 0. The first-order chi connectivity index (χ1) is 6.56. The lowest BCUT2D eigenvalue weighted by Gasteiger charge is -2.38. The number of aliphatic hydroxyl groups is 2. The second kappa shape index (κ2) is 4.75. The Morgan fingerprint density at radius 2 is 2.29 bits per heavy atom. The molecule has 0 aliphatic carbocycles. The molecule has 0 radical (unpaired) electrons. The van der Waals surface area contributed by atoms with Crippen LogP contribution in [0.2, 0.25) is 0 Å². The predicted octanol–water partition coefficient (Wildman–Crippen LogP) is -0.156. The number of aliphatic hydroxyl groups excluding tert-OH is 2. The molecule has 1 aliphatic rings. The number of amides is 1. The lowest BCUT2D eigenvalue weighted by Crippen LogP contribution is -2.46. The zero-order valence-electron chi connectivity index (χ0n) is 8.81. The molecule has 1 rings (SSSR count). The van der Waals surface area contributed by atoms with Gasteiger partial charge >= 0.3 is 0 Å². The molecule has 1 amide bonds. The van der Waals surface area contributed by atoms with Crippen LogP contribution in [0.25, 0.3) is 0 Å². The Balaban J connectivity index is 2.59. The van der Waals surface area contributed by atoms with Gasteiger partial charge in [0.1, 0.15) is 0 Å². The molecule has 0 aromatic carbocycles. The summed E-state index contributed by atoms with van der Waals surface area (Å²) >= 11 is 0. The van der Waals surface area contributed by atoms with E-state index >= 15 is 0 Å². The van der Waals surface area contributed by atoms with Crippen molar-refractivity contribution in [3.8, 4) is 0 Å². The van der Waals surface area contributed by atoms with Crippen molar-refractivity contribution in [3.63, 3.8) is 0 Å². The van der Waals surface area contributed by atoms with Crippen LogP contribution in [0.3, 0.4) is 0 Å². The first-order valence-electron chi connectivity index (χ1n) is 5.10. The molecule has 1 heterocycles. The Bertz CT molecular complexity index is 206. The first-order valence-corrected chi connectivity index (χ1v) is 5.10. The van der Waals surface area contributed by atoms with E-state index in [1.54, 1.807) is 11.8 Å². The fourth-order valence-electron chi connectivity index (χ4n) is 2.16. The molecule has 1 fully saturated rings. The fraction of sp³-hybridized carbons (Fsp3) is 0.900. The molecule has 0 bridgehead atoms. The van der Waals surface area contributed by atoms with Crippen LogP contribution in [-0.2, 0) is 4.79 Å². The van der Waals surface area contributed by atoms with E-state index in [2.05, 4.69) is 0 Å². The molecule has 14 heavy (non-hydrogen) atoms. The standard InChI is InChI=1S/C10H19NO3/c1-7(13)10-3-4-11(8(2)14)5-9(10)6-12/h7,9-10,12-13H,3-6H2,1-2H3. The van der Waals surface area contributed by atoms with Crippen molar-refractivity contribution in [1.82, 2.24) is 4.90 Å². The highest BCUT2D eigenvalue weighted by Crippen LogP contribution is 2.26. The Morgan fingerprint density at radius 1 is 1.64 bits per heavy atom. The zero-order valence-corrected chi connectivity index (χ0v) is 8.81. The molecule has 4 nitrogen and oxygen atoms in total. The van der Waals surface area contributed by atoms with Crippen molar-refractivity contribution in [1.29, 1.82) is 0 Å². The van der Waals surface area contributed by atoms with Crippen molar-refractivity contribution < 1.29 is 15.0 Å². The lowest BCUT2D eigenvalue weighted by molar-refractivity contribution is -0.133. The van der Waals surface area contributed by atoms with Gasteiger partial charge in [0.2, 0.25) is 5.91 Å². The van der Waals surface area contributed by atoms with Crippen molar-refractivity contribution in [2.45, 2.75) is 26.4 Å². The van der Waals surface area contributed by atoms with E-state index in [9.17, 15) is 9.90 Å². The van der Waals surface area contributed by atoms with E-state index in [0.29, 0.717) is 13.1 Å². The van der Waals surface area contributed by atoms with Gasteiger partial charge in [0.05, 0.1) is 6.10 Å². The van der Waals surface area contributed by atoms with Gasteiger partial charge in [-0.25, -0.2) is 0 Å². The molecule has 4 heteroatoms. The average Bonchev–Trinajstić information content (AvgIpc) is 2.16. The van der Waals surface area contributed by atoms with E-state index in [4.69, 9.17) is 5.11 Å². The van der Waals surface area contributed by atoms with Gasteiger partial charge in [-0.3, -0.25) is 4.79 Å². The third kappa shape index (κ3) is 2.45. The van der Waals surface area contributed by atoms with Gasteiger partial charge in [0.15, 0.2) is 0 Å². The average molecular weight is 201 g/mol. The molecule has 1 saturated heterocycles. The molecular weight excluding hydrogens is 182 g/mol. The quantitative estimate of drug-likeness (QED) is 0.653. The van der Waals surface area contributed by atoms with Gasteiger partial charge in [-0.05, 0) is 19.3 Å². The summed E-state index contributed by atoms with van der Waals surface area (Å²) in [5, 5.41) is 18.6. The third-order valence-electron chi connectivity index (χ3n) is 3.09. The highest BCUT2D eigenvalue weighted by molar-refractivity contribution is 5.73. The van der Waals surface area contributed by atoms with E-state index in [1.165, 1.54) is 6.92 Å². The van der Waals surface area contributed by atoms with E-state index < -0.39 is 6.10 Å². The lowest BCUT2D eigenvalue weighted by atomic mass is 9.82. The van der Waals surface area contributed by atoms with Crippen LogP contribution >= 0.6 is 0 Å². The highest BCUT2D eigenvalue weighted by Gasteiger charge is 2.32. The Morgan fingerprint density at radius 3 is 2.71 bits per heavy atom. The fourth-order valence-corrected chi connectivity index (χ4v) is 2.16. The van der Waals surface area contributed by atoms with Gasteiger partial charge in [-0.1, -0.05) is 0 Å². The second-order valence-electron chi connectivity index (χ2n) is 4.10. The largest absolute Gasteiger partial charge is 0.396 e. The molecular formula is C10H19NO3. The molecule has 0 saturated carbocycles. The van der Waals surface area contributed by atoms with E-state index in [-0.39, 0.29) is 24.3 Å². The van der Waals surface area contributed by atoms with Gasteiger partial charge in [0, 0.05) is 32.5 Å². The third-order valence-corrected chi connectivity index (χ3v) is 3.09. The molecule has 0 aromatic rings. The van der Waals surface area contributed by atoms with Crippen LogP contribution in [0.4, 0.5) is 0 Å². The van der Waals surface area contributed by atoms with Crippen molar-refractivity contribution in [2.24, 2.45) is 11.8 Å². The molecule has 0 spiro atoms. The van der Waals surface area contributed by atoms with Gasteiger partial charge in [-0.15, -0.1) is 0 Å². The summed E-state index contributed by atoms with van der Waals surface area (Å²) in [4.78, 5) is 12.9. The monoisotopic (exact) mass is 201 g/mol. The number of nitrogens with zero attached hydrogens (tertiary/aromatic N) is 1. The summed E-state index contributed by atoms with van der Waals surface area (Å²) in [5.74, 6) is 0.191. The summed E-state index contributed by atoms with van der Waals surface area (Å²) in [7, 11) is 0. The molecule has 0 aromatic heterocycles. The van der Waals surface area contributed by atoms with Crippen LogP contribution in [0.1, 0.15) is 20.3 Å². The number of piperidine rings is 1. The Hall–Kier alpha value is -0.610. The summed E-state index contributed by atoms with van der Waals surface area (Å²) in [5.41, 5.74) is 0. The summed E-state index contributed by atoms with van der Waals surface area (Å²) in [6.45, 7) is 4.59. The van der Waals surface area contributed by atoms with Crippen molar-refractivity contribution >= 4 is 5.91 Å². The van der Waals surface area contributed by atoms with Crippen molar-refractivity contribution in [3.05, 3.63) is 0 Å². The van der Waals surface area contributed by atoms with Crippen LogP contribution in [0.15, 0.2) is 0 Å². The summed E-state index contributed by atoms with van der Waals surface area (Å²) in [6.07, 6.45) is 0.379. The summed E-state index contributed by atoms with van der Waals surface area (Å²) < 4.78 is 0. The minimum Gasteiger partial charge on any atom is -0.396 e. The predicted molar refractivity (Wildman–Crippen MR) is 52.6 cm³/mol. The molecule has 2 N–H and O–H groups in total. The molecule has 82 valence electrons. The number of carbonyl (C=O) groups is 1. The van der Waals surface area contributed by atoms with E-state index in [0.717, 1.165) is 6.42 Å².